The summed E-state index contributed by atoms with van der Waals surface area (Å²) in [6, 6.07) is 10.3. The third kappa shape index (κ3) is 3.86. The van der Waals surface area contributed by atoms with Crippen molar-refractivity contribution in [3.8, 4) is 0 Å². The summed E-state index contributed by atoms with van der Waals surface area (Å²) in [7, 11) is 0. The van der Waals surface area contributed by atoms with Gasteiger partial charge in [-0.2, -0.15) is 0 Å². The summed E-state index contributed by atoms with van der Waals surface area (Å²) in [5.41, 5.74) is 1.27. The van der Waals surface area contributed by atoms with Crippen molar-refractivity contribution in [1.29, 1.82) is 0 Å². The third-order valence-corrected chi connectivity index (χ3v) is 3.22. The van der Waals surface area contributed by atoms with Crippen LogP contribution in [-0.4, -0.2) is 25.5 Å². The van der Waals surface area contributed by atoms with Gasteiger partial charge in [-0.05, 0) is 31.4 Å². The molecule has 1 fully saturated rings. The molecule has 92 valence electrons. The summed E-state index contributed by atoms with van der Waals surface area (Å²) >= 11 is 0. The topological polar surface area (TPSA) is 41.1 Å². The quantitative estimate of drug-likeness (QED) is 0.822. The molecule has 1 amide bonds. The van der Waals surface area contributed by atoms with Crippen LogP contribution in [0.1, 0.15) is 18.4 Å². The fraction of sp³-hybridized carbons (Fsp3) is 0.500. The summed E-state index contributed by atoms with van der Waals surface area (Å²) in [6.45, 7) is 2.62. The molecule has 2 rings (SSSR count). The van der Waals surface area contributed by atoms with Crippen LogP contribution in [0.25, 0.3) is 0 Å². The smallest absolute Gasteiger partial charge is 0.224 e. The minimum absolute atomic E-state index is 0.166. The van der Waals surface area contributed by atoms with Crippen molar-refractivity contribution >= 4 is 5.91 Å². The maximum atomic E-state index is 11.8. The highest BCUT2D eigenvalue weighted by Crippen LogP contribution is 2.09. The van der Waals surface area contributed by atoms with Gasteiger partial charge < -0.3 is 10.6 Å². The van der Waals surface area contributed by atoms with E-state index in [1.807, 2.05) is 18.2 Å². The number of benzene rings is 1. The first kappa shape index (κ1) is 12.1. The molecule has 0 aliphatic carbocycles. The standard InChI is InChI=1S/C14H20N2O/c17-14(13-7-4-9-15-11-13)16-10-8-12-5-2-1-3-6-12/h1-3,5-6,13,15H,4,7-11H2,(H,16,17)/t13-/m1/s1. The Balaban J connectivity index is 1.69. The van der Waals surface area contributed by atoms with Gasteiger partial charge in [0.1, 0.15) is 0 Å². The van der Waals surface area contributed by atoms with Gasteiger partial charge in [0.2, 0.25) is 5.91 Å². The van der Waals surface area contributed by atoms with Crippen LogP contribution in [0.3, 0.4) is 0 Å². The normalized spacial score (nSPS) is 19.9. The summed E-state index contributed by atoms with van der Waals surface area (Å²) in [5, 5.41) is 6.28. The van der Waals surface area contributed by atoms with Crippen molar-refractivity contribution in [3.63, 3.8) is 0 Å². The Morgan fingerprint density at radius 1 is 1.35 bits per heavy atom. The van der Waals surface area contributed by atoms with E-state index in [4.69, 9.17) is 0 Å². The van der Waals surface area contributed by atoms with E-state index in [2.05, 4.69) is 22.8 Å². The van der Waals surface area contributed by atoms with E-state index in [0.717, 1.165) is 38.9 Å². The second kappa shape index (κ2) is 6.40. The molecule has 1 saturated heterocycles. The molecule has 3 heteroatoms. The largest absolute Gasteiger partial charge is 0.355 e. The molecule has 1 aliphatic heterocycles. The monoisotopic (exact) mass is 232 g/mol. The highest BCUT2D eigenvalue weighted by molar-refractivity contribution is 5.78. The molecule has 1 heterocycles. The van der Waals surface area contributed by atoms with Crippen molar-refractivity contribution in [2.45, 2.75) is 19.3 Å². The highest BCUT2D eigenvalue weighted by atomic mass is 16.1. The van der Waals surface area contributed by atoms with Crippen molar-refractivity contribution in [1.82, 2.24) is 10.6 Å². The van der Waals surface area contributed by atoms with Crippen LogP contribution in [0.15, 0.2) is 30.3 Å². The molecule has 1 atom stereocenters. The number of carbonyl (C=O) groups is 1. The van der Waals surface area contributed by atoms with Gasteiger partial charge in [-0.1, -0.05) is 30.3 Å². The summed E-state index contributed by atoms with van der Waals surface area (Å²) < 4.78 is 0. The zero-order valence-corrected chi connectivity index (χ0v) is 10.1. The maximum absolute atomic E-state index is 11.8. The summed E-state index contributed by atoms with van der Waals surface area (Å²) in [5.74, 6) is 0.368. The number of rotatable bonds is 4. The molecule has 1 aromatic rings. The molecule has 0 bridgehead atoms. The van der Waals surface area contributed by atoms with Crippen LogP contribution >= 0.6 is 0 Å². The van der Waals surface area contributed by atoms with E-state index in [-0.39, 0.29) is 11.8 Å². The average Bonchev–Trinajstić information content (AvgIpc) is 2.41. The Hall–Kier alpha value is -1.35. The molecule has 1 aromatic carbocycles. The molecule has 0 radical (unpaired) electrons. The van der Waals surface area contributed by atoms with Gasteiger partial charge in [0.05, 0.1) is 5.92 Å². The lowest BCUT2D eigenvalue weighted by molar-refractivity contribution is -0.125. The molecule has 0 unspecified atom stereocenters. The maximum Gasteiger partial charge on any atom is 0.224 e. The lowest BCUT2D eigenvalue weighted by atomic mass is 9.99. The van der Waals surface area contributed by atoms with Crippen LogP contribution in [0.4, 0.5) is 0 Å². The Bertz CT molecular complexity index is 344. The van der Waals surface area contributed by atoms with E-state index in [1.165, 1.54) is 5.56 Å². The molecule has 3 nitrogen and oxygen atoms in total. The molecule has 2 N–H and O–H groups in total. The molecule has 0 saturated carbocycles. The van der Waals surface area contributed by atoms with Crippen molar-refractivity contribution in [2.24, 2.45) is 5.92 Å². The van der Waals surface area contributed by atoms with E-state index >= 15 is 0 Å². The number of piperidine rings is 1. The first-order valence-electron chi connectivity index (χ1n) is 6.38. The van der Waals surface area contributed by atoms with Gasteiger partial charge >= 0.3 is 0 Å². The average molecular weight is 232 g/mol. The number of hydrogen-bond donors (Lipinski definition) is 2. The summed E-state index contributed by atoms with van der Waals surface area (Å²) in [6.07, 6.45) is 3.04. The van der Waals surface area contributed by atoms with Crippen LogP contribution in [-0.2, 0) is 11.2 Å². The van der Waals surface area contributed by atoms with E-state index in [1.54, 1.807) is 0 Å². The van der Waals surface area contributed by atoms with Crippen molar-refractivity contribution < 1.29 is 4.79 Å². The molecular formula is C14H20N2O. The predicted molar refractivity (Wildman–Crippen MR) is 68.7 cm³/mol. The third-order valence-electron chi connectivity index (χ3n) is 3.22. The lowest BCUT2D eigenvalue weighted by Gasteiger charge is -2.21. The molecule has 0 spiro atoms. The summed E-state index contributed by atoms with van der Waals surface area (Å²) in [4.78, 5) is 11.8. The first-order chi connectivity index (χ1) is 8.36. The van der Waals surface area contributed by atoms with E-state index in [0.29, 0.717) is 0 Å². The SMILES string of the molecule is O=C(NCCc1ccccc1)[C@@H]1CCCNC1. The lowest BCUT2D eigenvalue weighted by Crippen LogP contribution is -2.41. The van der Waals surface area contributed by atoms with Gasteiger partial charge in [-0.3, -0.25) is 4.79 Å². The van der Waals surface area contributed by atoms with Crippen LogP contribution in [0, 0.1) is 5.92 Å². The Labute approximate surface area is 103 Å². The molecule has 0 aromatic heterocycles. The first-order valence-corrected chi connectivity index (χ1v) is 6.38. The predicted octanol–water partition coefficient (Wildman–Crippen LogP) is 1.34. The van der Waals surface area contributed by atoms with Crippen LogP contribution in [0.5, 0.6) is 0 Å². The Morgan fingerprint density at radius 2 is 2.18 bits per heavy atom. The molecule has 17 heavy (non-hydrogen) atoms. The zero-order valence-electron chi connectivity index (χ0n) is 10.1. The van der Waals surface area contributed by atoms with Crippen molar-refractivity contribution in [3.05, 3.63) is 35.9 Å². The number of amides is 1. The van der Waals surface area contributed by atoms with Gasteiger partial charge in [-0.15, -0.1) is 0 Å². The zero-order chi connectivity index (χ0) is 11.9. The number of nitrogens with one attached hydrogen (secondary N) is 2. The fourth-order valence-corrected chi connectivity index (χ4v) is 2.19. The van der Waals surface area contributed by atoms with Gasteiger partial charge in [0.25, 0.3) is 0 Å². The van der Waals surface area contributed by atoms with Gasteiger partial charge in [-0.25, -0.2) is 0 Å². The van der Waals surface area contributed by atoms with Gasteiger partial charge in [0.15, 0.2) is 0 Å². The Kier molecular flexibility index (Phi) is 4.56. The van der Waals surface area contributed by atoms with Crippen molar-refractivity contribution in [2.75, 3.05) is 19.6 Å². The molecular weight excluding hydrogens is 212 g/mol. The minimum Gasteiger partial charge on any atom is -0.355 e. The van der Waals surface area contributed by atoms with Gasteiger partial charge in [0, 0.05) is 13.1 Å². The number of carbonyl (C=O) groups excluding carboxylic acids is 1. The van der Waals surface area contributed by atoms with Crippen LogP contribution < -0.4 is 10.6 Å². The minimum atomic E-state index is 0.166. The number of hydrogen-bond acceptors (Lipinski definition) is 2. The van der Waals surface area contributed by atoms with E-state index < -0.39 is 0 Å². The van der Waals surface area contributed by atoms with E-state index in [9.17, 15) is 4.79 Å². The second-order valence-electron chi connectivity index (χ2n) is 4.57. The fourth-order valence-electron chi connectivity index (χ4n) is 2.19. The van der Waals surface area contributed by atoms with Crippen LogP contribution in [0.2, 0.25) is 0 Å². The molecule has 1 aliphatic rings. The Morgan fingerprint density at radius 3 is 2.88 bits per heavy atom. The highest BCUT2D eigenvalue weighted by Gasteiger charge is 2.19. The second-order valence-corrected chi connectivity index (χ2v) is 4.57.